The van der Waals surface area contributed by atoms with Crippen LogP contribution in [-0.4, -0.2) is 12.1 Å². The van der Waals surface area contributed by atoms with Gasteiger partial charge in [-0.05, 0) is 55.2 Å². The van der Waals surface area contributed by atoms with E-state index < -0.39 is 0 Å². The lowest BCUT2D eigenvalue weighted by molar-refractivity contribution is 0.0955. The highest BCUT2D eigenvalue weighted by molar-refractivity contribution is 6.36. The lowest BCUT2D eigenvalue weighted by atomic mass is 9.90. The van der Waals surface area contributed by atoms with Gasteiger partial charge in [0.2, 0.25) is 0 Å². The minimum Gasteiger partial charge on any atom is -0.267 e. The number of fused-ring (bicyclic) bond motifs is 2. The molecule has 0 heterocycles. The molecule has 1 N–H and O–H groups in total. The van der Waals surface area contributed by atoms with Gasteiger partial charge in [0.1, 0.15) is 0 Å². The van der Waals surface area contributed by atoms with Gasteiger partial charge in [0, 0.05) is 11.2 Å². The van der Waals surface area contributed by atoms with Crippen LogP contribution in [0, 0.1) is 17.8 Å². The minimum atomic E-state index is -0.300. The Hall–Kier alpha value is -1.06. The van der Waals surface area contributed by atoms with Gasteiger partial charge in [-0.15, -0.1) is 0 Å². The van der Waals surface area contributed by atoms with Crippen molar-refractivity contribution in [3.8, 4) is 0 Å². The molecule has 0 radical (unpaired) electrons. The number of hydrogen-bond donors (Lipinski definition) is 1. The van der Waals surface area contributed by atoms with E-state index in [0.717, 1.165) is 11.8 Å². The molecule has 0 saturated heterocycles. The van der Waals surface area contributed by atoms with E-state index in [9.17, 15) is 4.79 Å². The SMILES string of the molecule is O=C(NN=CC1CC2CCC1C2)c1ccc(Cl)cc1Cl. The van der Waals surface area contributed by atoms with Crippen LogP contribution in [0.25, 0.3) is 0 Å². The Morgan fingerprint density at radius 2 is 2.15 bits per heavy atom. The van der Waals surface area contributed by atoms with Crippen LogP contribution in [0.3, 0.4) is 0 Å². The van der Waals surface area contributed by atoms with Gasteiger partial charge in [-0.2, -0.15) is 5.10 Å². The molecule has 5 heteroatoms. The molecule has 3 nitrogen and oxygen atoms in total. The van der Waals surface area contributed by atoms with Crippen molar-refractivity contribution in [2.75, 3.05) is 0 Å². The highest BCUT2D eigenvalue weighted by atomic mass is 35.5. The molecule has 2 bridgehead atoms. The summed E-state index contributed by atoms with van der Waals surface area (Å²) in [6, 6.07) is 4.80. The van der Waals surface area contributed by atoms with E-state index in [1.807, 2.05) is 6.21 Å². The first kappa shape index (κ1) is 13.9. The molecule has 0 aliphatic heterocycles. The molecule has 2 fully saturated rings. The number of nitrogens with one attached hydrogen (secondary N) is 1. The van der Waals surface area contributed by atoms with Crippen molar-refractivity contribution in [1.29, 1.82) is 0 Å². The molecular formula is C15H16Cl2N2O. The zero-order chi connectivity index (χ0) is 14.1. The molecule has 106 valence electrons. The average Bonchev–Trinajstić information content (AvgIpc) is 3.00. The maximum absolute atomic E-state index is 12.0. The summed E-state index contributed by atoms with van der Waals surface area (Å²) >= 11 is 11.8. The number of hydrogen-bond acceptors (Lipinski definition) is 2. The maximum atomic E-state index is 12.0. The Labute approximate surface area is 128 Å². The van der Waals surface area contributed by atoms with E-state index >= 15 is 0 Å². The molecule has 3 rings (SSSR count). The van der Waals surface area contributed by atoms with Crippen molar-refractivity contribution < 1.29 is 4.79 Å². The van der Waals surface area contributed by atoms with Gasteiger partial charge in [-0.1, -0.05) is 29.6 Å². The number of rotatable bonds is 3. The van der Waals surface area contributed by atoms with Crippen LogP contribution in [-0.2, 0) is 0 Å². The van der Waals surface area contributed by atoms with Crippen molar-refractivity contribution in [3.63, 3.8) is 0 Å². The topological polar surface area (TPSA) is 41.5 Å². The Morgan fingerprint density at radius 1 is 1.30 bits per heavy atom. The number of carbonyl (C=O) groups is 1. The van der Waals surface area contributed by atoms with E-state index in [-0.39, 0.29) is 5.91 Å². The summed E-state index contributed by atoms with van der Waals surface area (Å²) in [5.74, 6) is 1.86. The molecule has 20 heavy (non-hydrogen) atoms. The van der Waals surface area contributed by atoms with Crippen LogP contribution in [0.15, 0.2) is 23.3 Å². The summed E-state index contributed by atoms with van der Waals surface area (Å²) in [4.78, 5) is 12.0. The van der Waals surface area contributed by atoms with Crippen LogP contribution in [0.4, 0.5) is 0 Å². The average molecular weight is 311 g/mol. The van der Waals surface area contributed by atoms with E-state index in [4.69, 9.17) is 23.2 Å². The molecule has 1 amide bonds. The number of nitrogens with zero attached hydrogens (tertiary/aromatic N) is 1. The molecule has 2 aliphatic carbocycles. The lowest BCUT2D eigenvalue weighted by Gasteiger charge is -2.16. The number of carbonyl (C=O) groups excluding carboxylic acids is 1. The molecule has 2 aliphatic rings. The lowest BCUT2D eigenvalue weighted by Crippen LogP contribution is -2.20. The molecular weight excluding hydrogens is 295 g/mol. The monoisotopic (exact) mass is 310 g/mol. The van der Waals surface area contributed by atoms with E-state index in [0.29, 0.717) is 21.5 Å². The van der Waals surface area contributed by atoms with Crippen molar-refractivity contribution in [1.82, 2.24) is 5.43 Å². The molecule has 3 unspecified atom stereocenters. The fraction of sp³-hybridized carbons (Fsp3) is 0.467. The zero-order valence-corrected chi connectivity index (χ0v) is 12.5. The van der Waals surface area contributed by atoms with Gasteiger partial charge in [0.15, 0.2) is 0 Å². The molecule has 0 aromatic heterocycles. The Morgan fingerprint density at radius 3 is 2.80 bits per heavy atom. The van der Waals surface area contributed by atoms with Crippen molar-refractivity contribution in [2.24, 2.45) is 22.9 Å². The first-order chi connectivity index (χ1) is 9.63. The van der Waals surface area contributed by atoms with Crippen LogP contribution in [0.1, 0.15) is 36.0 Å². The second-order valence-electron chi connectivity index (χ2n) is 5.68. The van der Waals surface area contributed by atoms with Crippen LogP contribution in [0.5, 0.6) is 0 Å². The van der Waals surface area contributed by atoms with E-state index in [1.165, 1.54) is 25.7 Å². The minimum absolute atomic E-state index is 0.300. The fourth-order valence-electron chi connectivity index (χ4n) is 3.40. The normalized spacial score (nSPS) is 28.2. The van der Waals surface area contributed by atoms with Gasteiger partial charge in [-0.3, -0.25) is 4.79 Å². The molecule has 3 atom stereocenters. The molecule has 1 aromatic carbocycles. The number of halogens is 2. The van der Waals surface area contributed by atoms with E-state index in [2.05, 4.69) is 10.5 Å². The second-order valence-corrected chi connectivity index (χ2v) is 6.53. The summed E-state index contributed by atoms with van der Waals surface area (Å²) < 4.78 is 0. The largest absolute Gasteiger partial charge is 0.272 e. The number of hydrazone groups is 1. The third-order valence-corrected chi connectivity index (χ3v) is 4.95. The van der Waals surface area contributed by atoms with Crippen LogP contribution < -0.4 is 5.43 Å². The van der Waals surface area contributed by atoms with Gasteiger partial charge < -0.3 is 0 Å². The first-order valence-corrected chi connectivity index (χ1v) is 7.67. The van der Waals surface area contributed by atoms with E-state index in [1.54, 1.807) is 18.2 Å². The highest BCUT2D eigenvalue weighted by Crippen LogP contribution is 2.47. The third-order valence-electron chi connectivity index (χ3n) is 4.40. The van der Waals surface area contributed by atoms with Crippen molar-refractivity contribution >= 4 is 35.3 Å². The molecule has 1 aromatic rings. The van der Waals surface area contributed by atoms with Gasteiger partial charge >= 0.3 is 0 Å². The predicted octanol–water partition coefficient (Wildman–Crippen LogP) is 4.15. The highest BCUT2D eigenvalue weighted by Gasteiger charge is 2.38. The fourth-order valence-corrected chi connectivity index (χ4v) is 3.90. The van der Waals surface area contributed by atoms with Crippen molar-refractivity contribution in [3.05, 3.63) is 33.8 Å². The van der Waals surface area contributed by atoms with Crippen LogP contribution in [0.2, 0.25) is 10.0 Å². The summed E-state index contributed by atoms with van der Waals surface area (Å²) in [6.07, 6.45) is 7.10. The Bertz CT molecular complexity index is 559. The standard InChI is InChI=1S/C15H16Cl2N2O/c16-12-3-4-13(14(17)7-12)15(20)19-18-8-11-6-9-1-2-10(11)5-9/h3-4,7-11H,1-2,5-6H2,(H,19,20). The zero-order valence-electron chi connectivity index (χ0n) is 11.0. The summed E-state index contributed by atoms with van der Waals surface area (Å²) in [7, 11) is 0. The number of amides is 1. The smallest absolute Gasteiger partial charge is 0.267 e. The van der Waals surface area contributed by atoms with Gasteiger partial charge in [0.25, 0.3) is 5.91 Å². The molecule has 0 spiro atoms. The first-order valence-electron chi connectivity index (χ1n) is 6.92. The van der Waals surface area contributed by atoms with Crippen LogP contribution >= 0.6 is 23.2 Å². The summed E-state index contributed by atoms with van der Waals surface area (Å²) in [6.45, 7) is 0. The quantitative estimate of drug-likeness (QED) is 0.661. The number of benzene rings is 1. The van der Waals surface area contributed by atoms with Gasteiger partial charge in [0.05, 0.1) is 10.6 Å². The van der Waals surface area contributed by atoms with Crippen molar-refractivity contribution in [2.45, 2.75) is 25.7 Å². The Balaban J connectivity index is 1.59. The second kappa shape index (κ2) is 5.74. The predicted molar refractivity (Wildman–Crippen MR) is 81.4 cm³/mol. The van der Waals surface area contributed by atoms with Gasteiger partial charge in [-0.25, -0.2) is 5.43 Å². The molecule has 2 saturated carbocycles. The third kappa shape index (κ3) is 2.84. The maximum Gasteiger partial charge on any atom is 0.272 e. The summed E-state index contributed by atoms with van der Waals surface area (Å²) in [5.41, 5.74) is 2.94. The Kier molecular flexibility index (Phi) is 3.99. The summed E-state index contributed by atoms with van der Waals surface area (Å²) in [5, 5.41) is 4.95.